The zero-order chi connectivity index (χ0) is 19.0. The Balaban J connectivity index is 1.66. The number of ketones is 1. The Hall–Kier alpha value is -3.09. The van der Waals surface area contributed by atoms with E-state index >= 15 is 0 Å². The number of carbonyl (C=O) groups is 1. The van der Waals surface area contributed by atoms with Crippen LogP contribution in [0, 0.1) is 5.92 Å². The normalized spacial score (nSPS) is 17.1. The Kier molecular flexibility index (Phi) is 4.43. The van der Waals surface area contributed by atoms with Crippen LogP contribution < -0.4 is 28.4 Å². The molecular weight excluding hydrogens is 352 g/mol. The summed E-state index contributed by atoms with van der Waals surface area (Å²) in [7, 11) is 4.52. The number of hydrogen-bond acceptors (Lipinski definition) is 7. The maximum Gasteiger partial charge on any atom is 0.231 e. The van der Waals surface area contributed by atoms with Gasteiger partial charge in [0, 0.05) is 6.07 Å². The molecule has 142 valence electrons. The topological polar surface area (TPSA) is 72.5 Å². The summed E-state index contributed by atoms with van der Waals surface area (Å²) in [5.41, 5.74) is 1.36. The molecule has 0 bridgehead atoms. The molecule has 0 N–H and O–H groups in total. The van der Waals surface area contributed by atoms with Crippen molar-refractivity contribution in [2.45, 2.75) is 6.42 Å². The third-order valence-electron chi connectivity index (χ3n) is 4.77. The molecule has 2 aromatic rings. The monoisotopic (exact) mass is 372 g/mol. The van der Waals surface area contributed by atoms with Gasteiger partial charge in [-0.2, -0.15) is 0 Å². The smallest absolute Gasteiger partial charge is 0.231 e. The van der Waals surface area contributed by atoms with Crippen LogP contribution in [0.25, 0.3) is 0 Å². The largest absolute Gasteiger partial charge is 0.493 e. The summed E-state index contributed by atoms with van der Waals surface area (Å²) in [6.07, 6.45) is 0.520. The van der Waals surface area contributed by atoms with E-state index in [9.17, 15) is 4.79 Å². The number of carbonyl (C=O) groups excluding carboxylic acids is 1. The van der Waals surface area contributed by atoms with E-state index in [1.807, 2.05) is 18.2 Å². The van der Waals surface area contributed by atoms with Gasteiger partial charge >= 0.3 is 0 Å². The molecule has 2 aromatic carbocycles. The van der Waals surface area contributed by atoms with Gasteiger partial charge in [-0.1, -0.05) is 6.07 Å². The number of benzene rings is 2. The molecule has 0 amide bonds. The minimum absolute atomic E-state index is 0.0493. The molecule has 0 spiro atoms. The van der Waals surface area contributed by atoms with Gasteiger partial charge in [0.25, 0.3) is 0 Å². The van der Waals surface area contributed by atoms with Crippen LogP contribution in [0.2, 0.25) is 0 Å². The molecule has 0 unspecified atom stereocenters. The second-order valence-corrected chi connectivity index (χ2v) is 6.28. The van der Waals surface area contributed by atoms with E-state index in [1.54, 1.807) is 6.07 Å². The van der Waals surface area contributed by atoms with E-state index in [-0.39, 0.29) is 25.1 Å². The number of rotatable bonds is 5. The molecule has 0 saturated heterocycles. The summed E-state index contributed by atoms with van der Waals surface area (Å²) in [6, 6.07) is 7.35. The molecular formula is C20H20O7. The Morgan fingerprint density at radius 3 is 2.44 bits per heavy atom. The van der Waals surface area contributed by atoms with Crippen molar-refractivity contribution in [3.05, 3.63) is 35.4 Å². The highest BCUT2D eigenvalue weighted by molar-refractivity contribution is 6.05. The molecule has 2 aliphatic heterocycles. The van der Waals surface area contributed by atoms with Crippen LogP contribution in [0.3, 0.4) is 0 Å². The number of fused-ring (bicyclic) bond motifs is 2. The van der Waals surface area contributed by atoms with Crippen LogP contribution in [-0.2, 0) is 6.42 Å². The molecule has 7 heteroatoms. The minimum Gasteiger partial charge on any atom is -0.493 e. The van der Waals surface area contributed by atoms with Crippen LogP contribution in [0.1, 0.15) is 15.9 Å². The minimum atomic E-state index is -0.343. The van der Waals surface area contributed by atoms with Crippen molar-refractivity contribution in [1.29, 1.82) is 0 Å². The molecule has 7 nitrogen and oxygen atoms in total. The molecule has 2 heterocycles. The number of methoxy groups -OCH3 is 3. The first-order chi connectivity index (χ1) is 13.2. The fraction of sp³-hybridized carbons (Fsp3) is 0.350. The van der Waals surface area contributed by atoms with Crippen LogP contribution in [0.15, 0.2) is 24.3 Å². The van der Waals surface area contributed by atoms with Gasteiger partial charge in [-0.05, 0) is 24.1 Å². The zero-order valence-electron chi connectivity index (χ0n) is 15.4. The van der Waals surface area contributed by atoms with E-state index in [2.05, 4.69) is 0 Å². The van der Waals surface area contributed by atoms with Gasteiger partial charge in [-0.15, -0.1) is 0 Å². The fourth-order valence-electron chi connectivity index (χ4n) is 3.46. The van der Waals surface area contributed by atoms with E-state index < -0.39 is 0 Å². The maximum atomic E-state index is 13.2. The van der Waals surface area contributed by atoms with Crippen LogP contribution in [0.5, 0.6) is 34.5 Å². The Morgan fingerprint density at radius 1 is 0.926 bits per heavy atom. The third-order valence-corrected chi connectivity index (χ3v) is 4.77. The van der Waals surface area contributed by atoms with Crippen molar-refractivity contribution in [2.24, 2.45) is 5.92 Å². The van der Waals surface area contributed by atoms with Gasteiger partial charge in [-0.25, -0.2) is 0 Å². The van der Waals surface area contributed by atoms with E-state index in [0.717, 1.165) is 5.56 Å². The highest BCUT2D eigenvalue weighted by Gasteiger charge is 2.35. The van der Waals surface area contributed by atoms with Crippen molar-refractivity contribution in [1.82, 2.24) is 0 Å². The molecule has 27 heavy (non-hydrogen) atoms. The lowest BCUT2D eigenvalue weighted by Crippen LogP contribution is -2.30. The summed E-state index contributed by atoms with van der Waals surface area (Å²) >= 11 is 0. The predicted octanol–water partition coefficient (Wildman–Crippen LogP) is 2.88. The number of Topliss-reactive ketones (excluding diaryl/α,β-unsaturated/α-hetero) is 1. The second-order valence-electron chi connectivity index (χ2n) is 6.28. The number of hydrogen-bond donors (Lipinski definition) is 0. The fourth-order valence-corrected chi connectivity index (χ4v) is 3.46. The van der Waals surface area contributed by atoms with Gasteiger partial charge in [-0.3, -0.25) is 4.79 Å². The van der Waals surface area contributed by atoms with Gasteiger partial charge in [0.05, 0.1) is 33.9 Å². The third kappa shape index (κ3) is 2.89. The van der Waals surface area contributed by atoms with Crippen molar-refractivity contribution in [3.63, 3.8) is 0 Å². The summed E-state index contributed by atoms with van der Waals surface area (Å²) in [5, 5.41) is 0. The summed E-state index contributed by atoms with van der Waals surface area (Å²) in [6.45, 7) is 0.495. The average molecular weight is 372 g/mol. The van der Waals surface area contributed by atoms with Gasteiger partial charge in [0.15, 0.2) is 28.8 Å². The molecule has 1 atom stereocenters. The summed E-state index contributed by atoms with van der Waals surface area (Å²) < 4.78 is 32.8. The quantitative estimate of drug-likeness (QED) is 0.799. The first-order valence-electron chi connectivity index (χ1n) is 8.54. The molecule has 2 aliphatic rings. The lowest BCUT2D eigenvalue weighted by Gasteiger charge is -2.27. The predicted molar refractivity (Wildman–Crippen MR) is 95.7 cm³/mol. The van der Waals surface area contributed by atoms with E-state index in [1.165, 1.54) is 21.3 Å². The summed E-state index contributed by atoms with van der Waals surface area (Å²) in [4.78, 5) is 13.2. The Bertz CT molecular complexity index is 890. The van der Waals surface area contributed by atoms with Gasteiger partial charge in [0.2, 0.25) is 12.5 Å². The first-order valence-corrected chi connectivity index (χ1v) is 8.54. The second kappa shape index (κ2) is 6.90. The van der Waals surface area contributed by atoms with Gasteiger partial charge < -0.3 is 28.4 Å². The standard InChI is InChI=1S/C20H20O7/c1-22-16-8-15-17(20(24-3)19(16)23-2)18(21)12(9-25-15)6-11-4-5-13-14(7-11)27-10-26-13/h4-5,7-8,12H,6,9-10H2,1-3H3/t12-/m0/s1. The molecule has 4 rings (SSSR count). The van der Waals surface area contributed by atoms with Crippen molar-refractivity contribution in [2.75, 3.05) is 34.7 Å². The average Bonchev–Trinajstić information content (AvgIpc) is 3.16. The van der Waals surface area contributed by atoms with Crippen LogP contribution >= 0.6 is 0 Å². The molecule has 0 radical (unpaired) electrons. The Morgan fingerprint density at radius 2 is 1.70 bits per heavy atom. The van der Waals surface area contributed by atoms with Gasteiger partial charge in [0.1, 0.15) is 11.3 Å². The maximum absolute atomic E-state index is 13.2. The number of ether oxygens (including phenoxy) is 6. The summed E-state index contributed by atoms with van der Waals surface area (Å²) in [5.74, 6) is 2.62. The molecule has 0 aliphatic carbocycles. The van der Waals surface area contributed by atoms with Crippen LogP contribution in [0.4, 0.5) is 0 Å². The Labute approximate surface area is 156 Å². The van der Waals surface area contributed by atoms with Crippen LogP contribution in [-0.4, -0.2) is 40.5 Å². The van der Waals surface area contributed by atoms with Crippen molar-refractivity contribution >= 4 is 5.78 Å². The molecule has 0 aromatic heterocycles. The lowest BCUT2D eigenvalue weighted by molar-refractivity contribution is 0.0823. The van der Waals surface area contributed by atoms with Crippen molar-refractivity contribution in [3.8, 4) is 34.5 Å². The highest BCUT2D eigenvalue weighted by atomic mass is 16.7. The molecule has 0 fully saturated rings. The zero-order valence-corrected chi connectivity index (χ0v) is 15.4. The first kappa shape index (κ1) is 17.3. The lowest BCUT2D eigenvalue weighted by atomic mass is 9.88. The van der Waals surface area contributed by atoms with E-state index in [0.29, 0.717) is 46.5 Å². The SMILES string of the molecule is COc1cc2c(c(OC)c1OC)C(=O)[C@@H](Cc1ccc3c(c1)OCO3)CO2. The molecule has 0 saturated carbocycles. The highest BCUT2D eigenvalue weighted by Crippen LogP contribution is 2.47. The van der Waals surface area contributed by atoms with Crippen molar-refractivity contribution < 1.29 is 33.2 Å². The van der Waals surface area contributed by atoms with E-state index in [4.69, 9.17) is 28.4 Å².